The van der Waals surface area contributed by atoms with Crippen LogP contribution in [0.2, 0.25) is 0 Å². The van der Waals surface area contributed by atoms with Crippen molar-refractivity contribution in [3.8, 4) is 0 Å². The highest BCUT2D eigenvalue weighted by molar-refractivity contribution is 7.09. The molecule has 1 aromatic carbocycles. The fourth-order valence-corrected chi connectivity index (χ4v) is 2.62. The average Bonchev–Trinajstić information content (AvgIpc) is 2.77. The Morgan fingerprint density at radius 3 is 2.53 bits per heavy atom. The van der Waals surface area contributed by atoms with Crippen LogP contribution < -0.4 is 0 Å². The van der Waals surface area contributed by atoms with E-state index in [2.05, 4.69) is 4.98 Å². The van der Waals surface area contributed by atoms with Crippen molar-refractivity contribution in [2.75, 3.05) is 0 Å². The maximum atomic E-state index is 11.9. The van der Waals surface area contributed by atoms with E-state index in [-0.39, 0.29) is 5.97 Å². The Balaban J connectivity index is 1.97. The highest BCUT2D eigenvalue weighted by Gasteiger charge is 2.11. The Morgan fingerprint density at radius 1 is 1.26 bits per heavy atom. The third-order valence-electron chi connectivity index (χ3n) is 3.17. The van der Waals surface area contributed by atoms with E-state index in [1.165, 1.54) is 11.3 Å². The Labute approximate surface area is 117 Å². The largest absolute Gasteiger partial charge is 0.460 e. The van der Waals surface area contributed by atoms with Crippen LogP contribution in [-0.4, -0.2) is 11.0 Å². The molecular formula is C15H17NO2S. The van der Waals surface area contributed by atoms with E-state index in [9.17, 15) is 4.79 Å². The van der Waals surface area contributed by atoms with Crippen molar-refractivity contribution in [3.05, 3.63) is 51.0 Å². The summed E-state index contributed by atoms with van der Waals surface area (Å²) in [4.78, 5) is 17.0. The molecule has 0 aliphatic heterocycles. The Morgan fingerprint density at radius 2 is 1.95 bits per heavy atom. The first-order valence-corrected chi connectivity index (χ1v) is 7.05. The van der Waals surface area contributed by atoms with Gasteiger partial charge in [-0.1, -0.05) is 18.2 Å². The van der Waals surface area contributed by atoms with Crippen molar-refractivity contribution in [1.29, 1.82) is 0 Å². The molecule has 0 aliphatic rings. The monoisotopic (exact) mass is 275 g/mol. The number of aromatic nitrogens is 1. The first-order valence-electron chi connectivity index (χ1n) is 6.17. The van der Waals surface area contributed by atoms with Gasteiger partial charge in [0.05, 0.1) is 22.5 Å². The van der Waals surface area contributed by atoms with E-state index in [1.54, 1.807) is 5.51 Å². The van der Waals surface area contributed by atoms with Crippen LogP contribution in [0.4, 0.5) is 0 Å². The van der Waals surface area contributed by atoms with Crippen molar-refractivity contribution in [3.63, 3.8) is 0 Å². The van der Waals surface area contributed by atoms with Crippen LogP contribution in [0.3, 0.4) is 0 Å². The zero-order chi connectivity index (χ0) is 13.8. The summed E-state index contributed by atoms with van der Waals surface area (Å²) >= 11 is 1.52. The number of ether oxygens (including phenoxy) is 1. The molecule has 2 rings (SSSR count). The molecule has 100 valence electrons. The summed E-state index contributed by atoms with van der Waals surface area (Å²) in [6.07, 6.45) is 0.330. The second-order valence-electron chi connectivity index (χ2n) is 4.57. The van der Waals surface area contributed by atoms with Gasteiger partial charge in [-0.3, -0.25) is 4.79 Å². The molecule has 0 saturated carbocycles. The summed E-state index contributed by atoms with van der Waals surface area (Å²) in [5, 5.41) is 0. The number of esters is 1. The molecule has 2 aromatic rings. The second-order valence-corrected chi connectivity index (χ2v) is 5.51. The zero-order valence-electron chi connectivity index (χ0n) is 11.4. The number of hydrogen-bond donors (Lipinski definition) is 0. The van der Waals surface area contributed by atoms with Crippen LogP contribution in [0.25, 0.3) is 0 Å². The third kappa shape index (κ3) is 3.41. The van der Waals surface area contributed by atoms with Crippen LogP contribution in [-0.2, 0) is 22.6 Å². The van der Waals surface area contributed by atoms with E-state index in [1.807, 2.05) is 39.0 Å². The number of carbonyl (C=O) groups excluding carboxylic acids is 1. The molecule has 0 radical (unpaired) electrons. The van der Waals surface area contributed by atoms with E-state index in [0.29, 0.717) is 13.0 Å². The molecule has 19 heavy (non-hydrogen) atoms. The molecule has 0 atom stereocenters. The smallest absolute Gasteiger partial charge is 0.310 e. The van der Waals surface area contributed by atoms with Gasteiger partial charge in [0.2, 0.25) is 0 Å². The Bertz CT molecular complexity index is 569. The molecule has 0 unspecified atom stereocenters. The third-order valence-corrected chi connectivity index (χ3v) is 4.08. The Hall–Kier alpha value is -1.68. The summed E-state index contributed by atoms with van der Waals surface area (Å²) in [6, 6.07) is 6.03. The molecular weight excluding hydrogens is 258 g/mol. The average molecular weight is 275 g/mol. The summed E-state index contributed by atoms with van der Waals surface area (Å²) in [7, 11) is 0. The van der Waals surface area contributed by atoms with Crippen molar-refractivity contribution >= 4 is 17.3 Å². The lowest BCUT2D eigenvalue weighted by molar-refractivity contribution is -0.144. The zero-order valence-corrected chi connectivity index (χ0v) is 12.2. The number of benzene rings is 1. The van der Waals surface area contributed by atoms with Gasteiger partial charge in [-0.15, -0.1) is 11.3 Å². The number of rotatable bonds is 4. The molecule has 0 amide bonds. The highest BCUT2D eigenvalue weighted by atomic mass is 32.1. The number of thiazole rings is 1. The molecule has 1 heterocycles. The molecule has 0 N–H and O–H groups in total. The number of carbonyl (C=O) groups is 1. The second kappa shape index (κ2) is 5.97. The lowest BCUT2D eigenvalue weighted by Crippen LogP contribution is -2.10. The van der Waals surface area contributed by atoms with Crippen LogP contribution in [0.5, 0.6) is 0 Å². The standard InChI is InChI=1S/C15H17NO2S/c1-10-5-4-6-11(2)13(10)7-15(17)18-8-14-12(3)16-9-19-14/h4-6,9H,7-8H2,1-3H3. The van der Waals surface area contributed by atoms with Crippen LogP contribution >= 0.6 is 11.3 Å². The topological polar surface area (TPSA) is 39.2 Å². The van der Waals surface area contributed by atoms with Crippen molar-refractivity contribution in [1.82, 2.24) is 4.98 Å². The molecule has 0 spiro atoms. The normalized spacial score (nSPS) is 10.5. The SMILES string of the molecule is Cc1cccc(C)c1CC(=O)OCc1scnc1C. The molecule has 0 aliphatic carbocycles. The summed E-state index contributed by atoms with van der Waals surface area (Å²) in [5.41, 5.74) is 6.03. The molecule has 0 saturated heterocycles. The van der Waals surface area contributed by atoms with Gasteiger partial charge in [0, 0.05) is 0 Å². The predicted octanol–water partition coefficient (Wildman–Crippen LogP) is 3.35. The number of nitrogens with zero attached hydrogens (tertiary/aromatic N) is 1. The number of aryl methyl sites for hydroxylation is 3. The first-order chi connectivity index (χ1) is 9.08. The lowest BCUT2D eigenvalue weighted by Gasteiger charge is -2.09. The summed E-state index contributed by atoms with van der Waals surface area (Å²) < 4.78 is 5.31. The predicted molar refractivity (Wildman–Crippen MR) is 76.3 cm³/mol. The minimum atomic E-state index is -0.190. The van der Waals surface area contributed by atoms with E-state index in [4.69, 9.17) is 4.74 Å². The maximum absolute atomic E-state index is 11.9. The fraction of sp³-hybridized carbons (Fsp3) is 0.333. The molecule has 3 nitrogen and oxygen atoms in total. The van der Waals surface area contributed by atoms with Gasteiger partial charge in [0.15, 0.2) is 0 Å². The van der Waals surface area contributed by atoms with Gasteiger partial charge in [0.25, 0.3) is 0 Å². The molecule has 1 aromatic heterocycles. The number of hydrogen-bond acceptors (Lipinski definition) is 4. The van der Waals surface area contributed by atoms with Gasteiger partial charge in [0.1, 0.15) is 6.61 Å². The van der Waals surface area contributed by atoms with Gasteiger partial charge in [-0.2, -0.15) is 0 Å². The van der Waals surface area contributed by atoms with Crippen LogP contribution in [0.15, 0.2) is 23.7 Å². The Kier molecular flexibility index (Phi) is 4.32. The van der Waals surface area contributed by atoms with Gasteiger partial charge >= 0.3 is 5.97 Å². The van der Waals surface area contributed by atoms with E-state index in [0.717, 1.165) is 27.3 Å². The van der Waals surface area contributed by atoms with Crippen molar-refractivity contribution < 1.29 is 9.53 Å². The lowest BCUT2D eigenvalue weighted by atomic mass is 10.0. The van der Waals surface area contributed by atoms with Crippen LogP contribution in [0, 0.1) is 20.8 Å². The van der Waals surface area contributed by atoms with Gasteiger partial charge < -0.3 is 4.74 Å². The first kappa shape index (κ1) is 13.7. The van der Waals surface area contributed by atoms with Gasteiger partial charge in [-0.25, -0.2) is 4.98 Å². The van der Waals surface area contributed by atoms with E-state index >= 15 is 0 Å². The maximum Gasteiger partial charge on any atom is 0.310 e. The molecule has 4 heteroatoms. The quantitative estimate of drug-likeness (QED) is 0.803. The van der Waals surface area contributed by atoms with Gasteiger partial charge in [-0.05, 0) is 37.5 Å². The minimum Gasteiger partial charge on any atom is -0.460 e. The highest BCUT2D eigenvalue weighted by Crippen LogP contribution is 2.16. The summed E-state index contributed by atoms with van der Waals surface area (Å²) in [6.45, 7) is 6.28. The van der Waals surface area contributed by atoms with Crippen molar-refractivity contribution in [2.45, 2.75) is 33.8 Å². The molecule has 0 bridgehead atoms. The fourth-order valence-electron chi connectivity index (χ4n) is 1.93. The molecule has 0 fully saturated rings. The van der Waals surface area contributed by atoms with E-state index < -0.39 is 0 Å². The summed E-state index contributed by atoms with van der Waals surface area (Å²) in [5.74, 6) is -0.190. The minimum absolute atomic E-state index is 0.190. The van der Waals surface area contributed by atoms with Crippen molar-refractivity contribution in [2.24, 2.45) is 0 Å². The van der Waals surface area contributed by atoms with Crippen LogP contribution in [0.1, 0.15) is 27.3 Å².